The summed E-state index contributed by atoms with van der Waals surface area (Å²) in [4.78, 5) is 15.7. The Morgan fingerprint density at radius 2 is 2.21 bits per heavy atom. The molecule has 3 aliphatic heterocycles. The van der Waals surface area contributed by atoms with Crippen LogP contribution >= 0.6 is 11.8 Å². The molecule has 5 rings (SSSR count). The molecule has 3 heterocycles. The van der Waals surface area contributed by atoms with E-state index in [0.717, 1.165) is 28.4 Å². The number of nitro benzene ring substituents is 1. The van der Waals surface area contributed by atoms with Crippen LogP contribution in [-0.4, -0.2) is 28.1 Å². The number of aliphatic imine (C=N–C) groups is 1. The Labute approximate surface area is 165 Å². The number of hydrazone groups is 1. The molecule has 8 nitrogen and oxygen atoms in total. The highest BCUT2D eigenvalue weighted by molar-refractivity contribution is 8.13. The number of non-ortho nitro benzene ring substituents is 1. The standard InChI is InChI=1S/C19H16N4O4S/c24-23(25)14-7-12-9-26-11-27-18(12)13(8-14)10-28-19-21-16-4-2-1-3-15(16)17-5-6-20-22(17)19/h1-4,6-8,17H,5,9-11H2. The van der Waals surface area contributed by atoms with Crippen molar-refractivity contribution in [2.75, 3.05) is 6.79 Å². The zero-order valence-electron chi connectivity index (χ0n) is 14.8. The van der Waals surface area contributed by atoms with E-state index in [1.54, 1.807) is 6.07 Å². The van der Waals surface area contributed by atoms with Crippen molar-refractivity contribution in [2.45, 2.75) is 24.8 Å². The molecule has 0 aromatic heterocycles. The van der Waals surface area contributed by atoms with Gasteiger partial charge >= 0.3 is 0 Å². The molecule has 142 valence electrons. The number of amidine groups is 1. The molecule has 3 aliphatic rings. The van der Waals surface area contributed by atoms with Gasteiger partial charge in [0.1, 0.15) is 5.75 Å². The van der Waals surface area contributed by atoms with Crippen molar-refractivity contribution in [2.24, 2.45) is 10.1 Å². The van der Waals surface area contributed by atoms with Crippen molar-refractivity contribution < 1.29 is 14.4 Å². The Balaban J connectivity index is 1.46. The van der Waals surface area contributed by atoms with Crippen LogP contribution in [0.1, 0.15) is 29.2 Å². The average molecular weight is 396 g/mol. The maximum absolute atomic E-state index is 11.3. The molecule has 0 N–H and O–H groups in total. The molecular formula is C19H16N4O4S. The van der Waals surface area contributed by atoms with Gasteiger partial charge in [-0.2, -0.15) is 5.10 Å². The van der Waals surface area contributed by atoms with Crippen molar-refractivity contribution in [3.05, 3.63) is 63.2 Å². The molecule has 28 heavy (non-hydrogen) atoms. The first kappa shape index (κ1) is 17.2. The normalized spacial score (nSPS) is 19.4. The lowest BCUT2D eigenvalue weighted by Crippen LogP contribution is -2.27. The predicted molar refractivity (Wildman–Crippen MR) is 106 cm³/mol. The molecule has 0 amide bonds. The molecule has 0 saturated carbocycles. The quantitative estimate of drug-likeness (QED) is 0.572. The third-order valence-corrected chi connectivity index (χ3v) is 5.87. The number of rotatable bonds is 3. The number of nitrogens with zero attached hydrogens (tertiary/aromatic N) is 4. The van der Waals surface area contributed by atoms with E-state index in [1.165, 1.54) is 17.8 Å². The van der Waals surface area contributed by atoms with Gasteiger partial charge in [-0.3, -0.25) is 10.1 Å². The summed E-state index contributed by atoms with van der Waals surface area (Å²) in [5.74, 6) is 1.16. The zero-order valence-corrected chi connectivity index (χ0v) is 15.6. The van der Waals surface area contributed by atoms with Gasteiger partial charge in [-0.05, 0) is 6.07 Å². The fourth-order valence-electron chi connectivity index (χ4n) is 3.62. The number of fused-ring (bicyclic) bond motifs is 4. The maximum atomic E-state index is 11.3. The van der Waals surface area contributed by atoms with Crippen LogP contribution in [-0.2, 0) is 17.1 Å². The summed E-state index contributed by atoms with van der Waals surface area (Å²) in [6.45, 7) is 0.455. The zero-order chi connectivity index (χ0) is 19.1. The Morgan fingerprint density at radius 1 is 1.32 bits per heavy atom. The molecule has 0 saturated heterocycles. The summed E-state index contributed by atoms with van der Waals surface area (Å²) < 4.78 is 10.9. The van der Waals surface area contributed by atoms with Crippen molar-refractivity contribution >= 4 is 34.5 Å². The van der Waals surface area contributed by atoms with Crippen molar-refractivity contribution in [1.82, 2.24) is 5.01 Å². The molecule has 2 aromatic rings. The Hall–Kier alpha value is -2.91. The van der Waals surface area contributed by atoms with Gasteiger partial charge in [-0.15, -0.1) is 0 Å². The first-order chi connectivity index (χ1) is 13.7. The van der Waals surface area contributed by atoms with Crippen molar-refractivity contribution in [3.63, 3.8) is 0 Å². The number of ether oxygens (including phenoxy) is 2. The molecule has 9 heteroatoms. The first-order valence-electron chi connectivity index (χ1n) is 8.83. The molecule has 1 unspecified atom stereocenters. The third-order valence-electron chi connectivity index (χ3n) is 4.88. The van der Waals surface area contributed by atoms with Gasteiger partial charge in [-0.1, -0.05) is 30.0 Å². The van der Waals surface area contributed by atoms with Crippen LogP contribution in [0.4, 0.5) is 11.4 Å². The highest BCUT2D eigenvalue weighted by Crippen LogP contribution is 2.42. The minimum absolute atomic E-state index is 0.0384. The number of hydrogen-bond acceptors (Lipinski definition) is 8. The van der Waals surface area contributed by atoms with Crippen LogP contribution in [0.2, 0.25) is 0 Å². The molecule has 0 radical (unpaired) electrons. The Morgan fingerprint density at radius 3 is 3.11 bits per heavy atom. The minimum atomic E-state index is -0.391. The number of para-hydroxylation sites is 1. The second-order valence-corrected chi connectivity index (χ2v) is 7.54. The van der Waals surface area contributed by atoms with E-state index in [9.17, 15) is 10.1 Å². The highest BCUT2D eigenvalue weighted by Gasteiger charge is 2.33. The average Bonchev–Trinajstić information content (AvgIpc) is 3.22. The molecule has 2 aromatic carbocycles. The largest absolute Gasteiger partial charge is 0.467 e. The van der Waals surface area contributed by atoms with Crippen molar-refractivity contribution in [1.29, 1.82) is 0 Å². The van der Waals surface area contributed by atoms with E-state index in [0.29, 0.717) is 23.7 Å². The smallest absolute Gasteiger partial charge is 0.270 e. The van der Waals surface area contributed by atoms with Crippen LogP contribution in [0.3, 0.4) is 0 Å². The van der Waals surface area contributed by atoms with E-state index in [1.807, 2.05) is 29.4 Å². The van der Waals surface area contributed by atoms with Gasteiger partial charge in [0, 0.05) is 47.2 Å². The van der Waals surface area contributed by atoms with Crippen LogP contribution in [0.15, 0.2) is 46.5 Å². The lowest BCUT2D eigenvalue weighted by Gasteiger charge is -2.30. The second-order valence-electron chi connectivity index (χ2n) is 6.60. The van der Waals surface area contributed by atoms with Gasteiger partial charge in [-0.25, -0.2) is 10.0 Å². The van der Waals surface area contributed by atoms with Crippen LogP contribution in [0.25, 0.3) is 0 Å². The molecular weight excluding hydrogens is 380 g/mol. The summed E-state index contributed by atoms with van der Waals surface area (Å²) in [7, 11) is 0. The lowest BCUT2D eigenvalue weighted by molar-refractivity contribution is -0.385. The maximum Gasteiger partial charge on any atom is 0.270 e. The predicted octanol–water partition coefficient (Wildman–Crippen LogP) is 4.13. The van der Waals surface area contributed by atoms with Gasteiger partial charge in [0.2, 0.25) is 0 Å². The third kappa shape index (κ3) is 2.92. The fourth-order valence-corrected chi connectivity index (χ4v) is 4.58. The fraction of sp³-hybridized carbons (Fsp3) is 0.263. The van der Waals surface area contributed by atoms with Crippen LogP contribution < -0.4 is 4.74 Å². The number of thioether (sulfide) groups is 1. The summed E-state index contributed by atoms with van der Waals surface area (Å²) in [5, 5.41) is 18.5. The summed E-state index contributed by atoms with van der Waals surface area (Å²) >= 11 is 1.50. The van der Waals surface area contributed by atoms with Crippen LogP contribution in [0.5, 0.6) is 5.75 Å². The summed E-state index contributed by atoms with van der Waals surface area (Å²) in [6, 6.07) is 11.3. The van der Waals surface area contributed by atoms with E-state index in [-0.39, 0.29) is 18.5 Å². The van der Waals surface area contributed by atoms with E-state index >= 15 is 0 Å². The van der Waals surface area contributed by atoms with Crippen molar-refractivity contribution in [3.8, 4) is 5.75 Å². The first-order valence-corrected chi connectivity index (χ1v) is 9.82. The van der Waals surface area contributed by atoms with Gasteiger partial charge in [0.05, 0.1) is 23.3 Å². The topological polar surface area (TPSA) is 89.6 Å². The lowest BCUT2D eigenvalue weighted by atomic mass is 10.0. The highest BCUT2D eigenvalue weighted by atomic mass is 32.2. The van der Waals surface area contributed by atoms with Gasteiger partial charge in [0.15, 0.2) is 12.0 Å². The van der Waals surface area contributed by atoms with E-state index in [4.69, 9.17) is 14.5 Å². The second kappa shape index (κ2) is 6.92. The Kier molecular flexibility index (Phi) is 4.25. The summed E-state index contributed by atoms with van der Waals surface area (Å²) in [6.07, 6.45) is 2.74. The van der Waals surface area contributed by atoms with Gasteiger partial charge < -0.3 is 9.47 Å². The van der Waals surface area contributed by atoms with Crippen LogP contribution in [0, 0.1) is 10.1 Å². The minimum Gasteiger partial charge on any atom is -0.467 e. The molecule has 0 aliphatic carbocycles. The summed E-state index contributed by atoms with van der Waals surface area (Å²) in [5.41, 5.74) is 3.61. The monoisotopic (exact) mass is 396 g/mol. The number of nitro groups is 1. The Bertz CT molecular complexity index is 1020. The van der Waals surface area contributed by atoms with E-state index < -0.39 is 4.92 Å². The molecule has 0 bridgehead atoms. The SMILES string of the molecule is O=[N+]([O-])c1cc2c(c(CSC3=Nc4ccccc4C4CC=NN34)c1)OCOC2. The van der Waals surface area contributed by atoms with E-state index in [2.05, 4.69) is 11.2 Å². The molecule has 0 spiro atoms. The number of benzene rings is 2. The molecule has 0 fully saturated rings. The number of hydrogen-bond donors (Lipinski definition) is 0. The molecule has 1 atom stereocenters. The van der Waals surface area contributed by atoms with Gasteiger partial charge in [0.25, 0.3) is 5.69 Å².